The number of hydrogen-bond acceptors (Lipinski definition) is 1. The van der Waals surface area contributed by atoms with Crippen molar-refractivity contribution in [1.29, 1.82) is 0 Å². The first-order chi connectivity index (χ1) is 6.33. The van der Waals surface area contributed by atoms with E-state index in [0.29, 0.717) is 5.38 Å². The van der Waals surface area contributed by atoms with Crippen LogP contribution in [-0.2, 0) is 4.74 Å². The van der Waals surface area contributed by atoms with Gasteiger partial charge in [-0.05, 0) is 38.5 Å². The van der Waals surface area contributed by atoms with E-state index in [1.165, 1.54) is 32.1 Å². The molecule has 0 fully saturated rings. The monoisotopic (exact) mass is 202 g/mol. The first-order valence-corrected chi connectivity index (χ1v) is 5.59. The number of unbranched alkanes of at least 4 members (excludes halogenated alkanes) is 1. The fourth-order valence-electron chi connectivity index (χ4n) is 1.75. The van der Waals surface area contributed by atoms with Gasteiger partial charge in [-0.3, -0.25) is 0 Å². The topological polar surface area (TPSA) is 9.23 Å². The minimum Gasteiger partial charge on any atom is -0.385 e. The quantitative estimate of drug-likeness (QED) is 0.377. The molecule has 0 saturated heterocycles. The van der Waals surface area contributed by atoms with Gasteiger partial charge >= 0.3 is 0 Å². The van der Waals surface area contributed by atoms with Gasteiger partial charge in [0.15, 0.2) is 0 Å². The van der Waals surface area contributed by atoms with Crippen LogP contribution in [0.3, 0.4) is 0 Å². The van der Waals surface area contributed by atoms with Crippen molar-refractivity contribution in [1.82, 2.24) is 0 Å². The van der Waals surface area contributed by atoms with Gasteiger partial charge in [0, 0.05) is 13.7 Å². The van der Waals surface area contributed by atoms with E-state index in [0.717, 1.165) is 13.0 Å². The van der Waals surface area contributed by atoms with Crippen LogP contribution in [0.15, 0.2) is 11.6 Å². The molecule has 1 atom stereocenters. The molecule has 0 bridgehead atoms. The van der Waals surface area contributed by atoms with Crippen molar-refractivity contribution in [2.45, 2.75) is 43.9 Å². The summed E-state index contributed by atoms with van der Waals surface area (Å²) >= 11 is 6.05. The van der Waals surface area contributed by atoms with Crippen LogP contribution in [-0.4, -0.2) is 19.1 Å². The summed E-state index contributed by atoms with van der Waals surface area (Å²) in [6.07, 6.45) is 9.55. The van der Waals surface area contributed by atoms with Crippen LogP contribution in [0, 0.1) is 0 Å². The van der Waals surface area contributed by atoms with Crippen LogP contribution in [0.1, 0.15) is 38.5 Å². The van der Waals surface area contributed by atoms with E-state index in [1.54, 1.807) is 12.7 Å². The third-order valence-electron chi connectivity index (χ3n) is 2.49. The number of methoxy groups -OCH3 is 1. The van der Waals surface area contributed by atoms with E-state index in [9.17, 15) is 0 Å². The highest BCUT2D eigenvalue weighted by Gasteiger charge is 2.10. The van der Waals surface area contributed by atoms with E-state index in [2.05, 4.69) is 6.08 Å². The SMILES string of the molecule is COCCCCC1=CC(Cl)CCC1. The molecule has 0 aromatic carbocycles. The van der Waals surface area contributed by atoms with E-state index in [4.69, 9.17) is 16.3 Å². The maximum Gasteiger partial charge on any atom is 0.0518 e. The molecule has 0 radical (unpaired) electrons. The zero-order valence-corrected chi connectivity index (χ0v) is 9.15. The largest absolute Gasteiger partial charge is 0.385 e. The molecule has 1 unspecified atom stereocenters. The van der Waals surface area contributed by atoms with Gasteiger partial charge in [0.1, 0.15) is 0 Å². The molecule has 1 aliphatic carbocycles. The molecule has 0 aromatic rings. The molecule has 13 heavy (non-hydrogen) atoms. The number of alkyl halides is 1. The normalized spacial score (nSPS) is 22.9. The Balaban J connectivity index is 2.13. The first-order valence-electron chi connectivity index (χ1n) is 5.15. The molecule has 0 N–H and O–H groups in total. The minimum absolute atomic E-state index is 0.297. The van der Waals surface area contributed by atoms with Gasteiger partial charge in [0.25, 0.3) is 0 Å². The third kappa shape index (κ3) is 4.68. The van der Waals surface area contributed by atoms with Crippen molar-refractivity contribution in [2.24, 2.45) is 0 Å². The molecule has 1 rings (SSSR count). The van der Waals surface area contributed by atoms with Crippen molar-refractivity contribution >= 4 is 11.6 Å². The highest BCUT2D eigenvalue weighted by Crippen LogP contribution is 2.25. The van der Waals surface area contributed by atoms with Crippen molar-refractivity contribution in [2.75, 3.05) is 13.7 Å². The highest BCUT2D eigenvalue weighted by atomic mass is 35.5. The Bertz CT molecular complexity index is 165. The third-order valence-corrected chi connectivity index (χ3v) is 2.83. The standard InChI is InChI=1S/C11H19ClO/c1-13-8-3-2-5-10-6-4-7-11(12)9-10/h9,11H,2-8H2,1H3. The van der Waals surface area contributed by atoms with Crippen LogP contribution in [0.2, 0.25) is 0 Å². The fraction of sp³-hybridized carbons (Fsp3) is 0.818. The average Bonchev–Trinajstić information content (AvgIpc) is 2.13. The van der Waals surface area contributed by atoms with Crippen LogP contribution < -0.4 is 0 Å². The summed E-state index contributed by atoms with van der Waals surface area (Å²) in [5.41, 5.74) is 1.56. The van der Waals surface area contributed by atoms with Crippen LogP contribution >= 0.6 is 11.6 Å². The van der Waals surface area contributed by atoms with Crippen LogP contribution in [0.5, 0.6) is 0 Å². The molecule has 0 spiro atoms. The lowest BCUT2D eigenvalue weighted by molar-refractivity contribution is 0.193. The molecule has 1 nitrogen and oxygen atoms in total. The van der Waals surface area contributed by atoms with Crippen LogP contribution in [0.4, 0.5) is 0 Å². The summed E-state index contributed by atoms with van der Waals surface area (Å²) in [7, 11) is 1.76. The van der Waals surface area contributed by atoms with Gasteiger partial charge in [0.05, 0.1) is 5.38 Å². The molecule has 2 heteroatoms. The fourth-order valence-corrected chi connectivity index (χ4v) is 2.09. The molecule has 1 aliphatic rings. The zero-order chi connectivity index (χ0) is 9.52. The Kier molecular flexibility index (Phi) is 5.49. The van der Waals surface area contributed by atoms with Gasteiger partial charge in [-0.15, -0.1) is 11.6 Å². The second kappa shape index (κ2) is 6.44. The second-order valence-corrected chi connectivity index (χ2v) is 4.24. The van der Waals surface area contributed by atoms with Crippen molar-refractivity contribution in [3.63, 3.8) is 0 Å². The predicted octanol–water partition coefficient (Wildman–Crippen LogP) is 3.52. The summed E-state index contributed by atoms with van der Waals surface area (Å²) in [5, 5.41) is 0.297. The number of allylic oxidation sites excluding steroid dienone is 2. The van der Waals surface area contributed by atoms with Gasteiger partial charge in [-0.2, -0.15) is 0 Å². The number of rotatable bonds is 5. The first kappa shape index (κ1) is 11.1. The Hall–Kier alpha value is -0.0100. The maximum absolute atomic E-state index is 6.05. The van der Waals surface area contributed by atoms with E-state index in [1.807, 2.05) is 0 Å². The minimum atomic E-state index is 0.297. The lowest BCUT2D eigenvalue weighted by Crippen LogP contribution is -2.03. The smallest absolute Gasteiger partial charge is 0.0518 e. The van der Waals surface area contributed by atoms with Crippen molar-refractivity contribution < 1.29 is 4.74 Å². The Morgan fingerprint density at radius 1 is 1.54 bits per heavy atom. The van der Waals surface area contributed by atoms with Crippen molar-refractivity contribution in [3.8, 4) is 0 Å². The van der Waals surface area contributed by atoms with Crippen LogP contribution in [0.25, 0.3) is 0 Å². The highest BCUT2D eigenvalue weighted by molar-refractivity contribution is 6.21. The maximum atomic E-state index is 6.05. The lowest BCUT2D eigenvalue weighted by atomic mass is 9.95. The van der Waals surface area contributed by atoms with E-state index < -0.39 is 0 Å². The summed E-state index contributed by atoms with van der Waals surface area (Å²) in [6, 6.07) is 0. The number of ether oxygens (including phenoxy) is 1. The predicted molar refractivity (Wildman–Crippen MR) is 57.3 cm³/mol. The summed E-state index contributed by atoms with van der Waals surface area (Å²) in [6.45, 7) is 0.886. The summed E-state index contributed by atoms with van der Waals surface area (Å²) in [4.78, 5) is 0. The molecule has 0 saturated carbocycles. The molecular formula is C11H19ClO. The summed E-state index contributed by atoms with van der Waals surface area (Å²) in [5.74, 6) is 0. The zero-order valence-electron chi connectivity index (χ0n) is 8.39. The van der Waals surface area contributed by atoms with Crippen molar-refractivity contribution in [3.05, 3.63) is 11.6 Å². The summed E-state index contributed by atoms with van der Waals surface area (Å²) < 4.78 is 5.01. The lowest BCUT2D eigenvalue weighted by Gasteiger charge is -2.16. The second-order valence-electron chi connectivity index (χ2n) is 3.68. The molecule has 0 amide bonds. The molecule has 0 aliphatic heterocycles. The van der Waals surface area contributed by atoms with Gasteiger partial charge in [0.2, 0.25) is 0 Å². The number of hydrogen-bond donors (Lipinski definition) is 0. The molecule has 76 valence electrons. The Morgan fingerprint density at radius 3 is 3.08 bits per heavy atom. The van der Waals surface area contributed by atoms with E-state index in [-0.39, 0.29) is 0 Å². The van der Waals surface area contributed by atoms with Gasteiger partial charge < -0.3 is 4.74 Å². The number of halogens is 1. The van der Waals surface area contributed by atoms with Gasteiger partial charge in [-0.1, -0.05) is 11.6 Å². The van der Waals surface area contributed by atoms with E-state index >= 15 is 0 Å². The molecule has 0 heterocycles. The Morgan fingerprint density at radius 2 is 2.38 bits per heavy atom. The van der Waals surface area contributed by atoms with Gasteiger partial charge in [-0.25, -0.2) is 0 Å². The molecule has 0 aromatic heterocycles. The molecular weight excluding hydrogens is 184 g/mol. The average molecular weight is 203 g/mol. The Labute approximate surface area is 86.1 Å².